The molecule has 1 aromatic heterocycles. The maximum absolute atomic E-state index is 12.8. The number of carbonyl (C=O) groups is 2. The number of carbonyl (C=O) groups excluding carboxylic acids is 2. The van der Waals surface area contributed by atoms with Gasteiger partial charge >= 0.3 is 0 Å². The van der Waals surface area contributed by atoms with E-state index in [1.165, 1.54) is 11.3 Å². The summed E-state index contributed by atoms with van der Waals surface area (Å²) in [5.74, 6) is 1.40. The van der Waals surface area contributed by atoms with E-state index < -0.39 is 0 Å². The molecule has 2 aromatic carbocycles. The molecular weight excluding hydrogens is 460 g/mol. The molecule has 2 aliphatic rings. The fourth-order valence-corrected chi connectivity index (χ4v) is 4.82. The number of nitrogens with zero attached hydrogens (tertiary/aromatic N) is 4. The summed E-state index contributed by atoms with van der Waals surface area (Å²) in [4.78, 5) is 35.5. The van der Waals surface area contributed by atoms with Gasteiger partial charge in [-0.1, -0.05) is 11.6 Å². The second kappa shape index (κ2) is 9.51. The summed E-state index contributed by atoms with van der Waals surface area (Å²) in [5, 5.41) is 3.03. The van der Waals surface area contributed by atoms with Gasteiger partial charge in [0.25, 0.3) is 11.8 Å². The third-order valence-corrected chi connectivity index (χ3v) is 7.05. The van der Waals surface area contributed by atoms with Gasteiger partial charge in [-0.3, -0.25) is 14.5 Å². The van der Waals surface area contributed by atoms with Crippen LogP contribution in [0.25, 0.3) is 0 Å². The fraction of sp³-hybridized carbons (Fsp3) is 0.292. The van der Waals surface area contributed by atoms with E-state index in [2.05, 4.69) is 9.88 Å². The number of piperazine rings is 1. The van der Waals surface area contributed by atoms with Crippen LogP contribution in [-0.2, 0) is 0 Å². The number of ether oxygens (including phenoxy) is 1. The SMILES string of the molecule is O=C(c1ccc(Oc2ccc(Cl)cc2)cc1)N1CC(N2CCN(C(=O)c3nccs3)CC2)C1. The van der Waals surface area contributed by atoms with Gasteiger partial charge in [-0.05, 0) is 48.5 Å². The third-order valence-electron chi connectivity index (χ3n) is 6.03. The fourth-order valence-electron chi connectivity index (χ4n) is 4.09. The first kappa shape index (κ1) is 21.9. The van der Waals surface area contributed by atoms with Crippen molar-refractivity contribution in [3.63, 3.8) is 0 Å². The van der Waals surface area contributed by atoms with Crippen LogP contribution in [0.3, 0.4) is 0 Å². The molecule has 0 aliphatic carbocycles. The first-order chi connectivity index (χ1) is 16.1. The molecule has 0 saturated carbocycles. The zero-order valence-corrected chi connectivity index (χ0v) is 19.5. The molecule has 0 unspecified atom stereocenters. The minimum absolute atomic E-state index is 0.0125. The van der Waals surface area contributed by atoms with E-state index in [-0.39, 0.29) is 11.8 Å². The summed E-state index contributed by atoms with van der Waals surface area (Å²) in [6, 6.07) is 14.7. The first-order valence-corrected chi connectivity index (χ1v) is 12.1. The van der Waals surface area contributed by atoms with Gasteiger partial charge in [0.1, 0.15) is 11.5 Å². The molecule has 0 N–H and O–H groups in total. The number of hydrogen-bond acceptors (Lipinski definition) is 6. The molecule has 3 aromatic rings. The maximum Gasteiger partial charge on any atom is 0.282 e. The second-order valence-corrected chi connectivity index (χ2v) is 9.44. The van der Waals surface area contributed by atoms with Crippen LogP contribution in [0.5, 0.6) is 11.5 Å². The van der Waals surface area contributed by atoms with Crippen molar-refractivity contribution in [3.05, 3.63) is 75.7 Å². The predicted octanol–water partition coefficient (Wildman–Crippen LogP) is 3.87. The van der Waals surface area contributed by atoms with Crippen molar-refractivity contribution in [3.8, 4) is 11.5 Å². The number of benzene rings is 2. The Hall–Kier alpha value is -2.94. The quantitative estimate of drug-likeness (QED) is 0.552. The van der Waals surface area contributed by atoms with Crippen LogP contribution in [0, 0.1) is 0 Å². The van der Waals surface area contributed by atoms with Crippen LogP contribution in [0.1, 0.15) is 20.2 Å². The first-order valence-electron chi connectivity index (χ1n) is 10.8. The number of aromatic nitrogens is 1. The summed E-state index contributed by atoms with van der Waals surface area (Å²) in [6.07, 6.45) is 1.66. The lowest BCUT2D eigenvalue weighted by atomic mass is 10.0. The molecule has 7 nitrogen and oxygen atoms in total. The summed E-state index contributed by atoms with van der Waals surface area (Å²) >= 11 is 7.28. The zero-order chi connectivity index (χ0) is 22.8. The van der Waals surface area contributed by atoms with Crippen molar-refractivity contribution in [1.82, 2.24) is 19.7 Å². The Morgan fingerprint density at radius 2 is 1.52 bits per heavy atom. The van der Waals surface area contributed by atoms with E-state index in [1.807, 2.05) is 15.2 Å². The highest BCUT2D eigenvalue weighted by Crippen LogP contribution is 2.25. The maximum atomic E-state index is 12.8. The van der Waals surface area contributed by atoms with E-state index in [0.717, 1.165) is 13.1 Å². The van der Waals surface area contributed by atoms with Crippen molar-refractivity contribution in [2.24, 2.45) is 0 Å². The van der Waals surface area contributed by atoms with Crippen LogP contribution in [-0.4, -0.2) is 76.8 Å². The van der Waals surface area contributed by atoms with Crippen LogP contribution < -0.4 is 4.74 Å². The standard InChI is InChI=1S/C24H23ClN4O3S/c25-18-3-7-21(8-4-18)32-20-5-1-17(2-6-20)23(30)29-15-19(16-29)27-10-12-28(13-11-27)24(31)22-26-9-14-33-22/h1-9,14,19H,10-13,15-16H2. The monoisotopic (exact) mass is 482 g/mol. The number of likely N-dealkylation sites (tertiary alicyclic amines) is 1. The summed E-state index contributed by atoms with van der Waals surface area (Å²) < 4.78 is 5.79. The molecule has 2 saturated heterocycles. The molecule has 170 valence electrons. The minimum atomic E-state index is 0.0125. The molecule has 0 radical (unpaired) electrons. The molecule has 0 bridgehead atoms. The van der Waals surface area contributed by atoms with Gasteiger partial charge in [-0.25, -0.2) is 4.98 Å². The number of rotatable bonds is 5. The molecule has 9 heteroatoms. The van der Waals surface area contributed by atoms with E-state index in [0.29, 0.717) is 59.3 Å². The van der Waals surface area contributed by atoms with Gasteiger partial charge in [0.05, 0.1) is 0 Å². The van der Waals surface area contributed by atoms with Crippen LogP contribution in [0.2, 0.25) is 5.02 Å². The molecule has 0 atom stereocenters. The van der Waals surface area contributed by atoms with Crippen molar-refractivity contribution in [2.75, 3.05) is 39.3 Å². The Bertz CT molecular complexity index is 1110. The number of halogens is 1. The Morgan fingerprint density at radius 1 is 0.879 bits per heavy atom. The number of thiazole rings is 1. The molecule has 33 heavy (non-hydrogen) atoms. The third kappa shape index (κ3) is 4.88. The van der Waals surface area contributed by atoms with Crippen LogP contribution in [0.4, 0.5) is 0 Å². The largest absolute Gasteiger partial charge is 0.457 e. The van der Waals surface area contributed by atoms with Gasteiger partial charge in [-0.2, -0.15) is 0 Å². The van der Waals surface area contributed by atoms with Crippen molar-refractivity contribution in [2.45, 2.75) is 6.04 Å². The average Bonchev–Trinajstić information content (AvgIpc) is 3.35. The molecule has 2 fully saturated rings. The van der Waals surface area contributed by atoms with Crippen LogP contribution in [0.15, 0.2) is 60.1 Å². The van der Waals surface area contributed by atoms with Gasteiger partial charge in [0, 0.05) is 67.5 Å². The number of hydrogen-bond donors (Lipinski definition) is 0. The van der Waals surface area contributed by atoms with E-state index in [1.54, 1.807) is 54.7 Å². The normalized spacial score (nSPS) is 17.0. The lowest BCUT2D eigenvalue weighted by Crippen LogP contribution is -2.64. The minimum Gasteiger partial charge on any atom is -0.457 e. The van der Waals surface area contributed by atoms with E-state index in [4.69, 9.17) is 16.3 Å². The second-order valence-electron chi connectivity index (χ2n) is 8.11. The highest BCUT2D eigenvalue weighted by Gasteiger charge is 2.37. The van der Waals surface area contributed by atoms with Gasteiger partial charge in [-0.15, -0.1) is 11.3 Å². The van der Waals surface area contributed by atoms with Gasteiger partial charge < -0.3 is 14.5 Å². The number of amides is 2. The molecule has 0 spiro atoms. The Morgan fingerprint density at radius 3 is 2.12 bits per heavy atom. The summed E-state index contributed by atoms with van der Waals surface area (Å²) in [6.45, 7) is 4.45. The van der Waals surface area contributed by atoms with Crippen molar-refractivity contribution < 1.29 is 14.3 Å². The van der Waals surface area contributed by atoms with Crippen molar-refractivity contribution in [1.29, 1.82) is 0 Å². The predicted molar refractivity (Wildman–Crippen MR) is 127 cm³/mol. The Labute approximate surface area is 201 Å². The summed E-state index contributed by atoms with van der Waals surface area (Å²) in [5.41, 5.74) is 0.649. The van der Waals surface area contributed by atoms with Gasteiger partial charge in [0.15, 0.2) is 5.01 Å². The van der Waals surface area contributed by atoms with Gasteiger partial charge in [0.2, 0.25) is 0 Å². The Kier molecular flexibility index (Phi) is 6.30. The molecule has 5 rings (SSSR count). The van der Waals surface area contributed by atoms with E-state index in [9.17, 15) is 9.59 Å². The molecule has 2 aliphatic heterocycles. The zero-order valence-electron chi connectivity index (χ0n) is 17.9. The smallest absolute Gasteiger partial charge is 0.282 e. The topological polar surface area (TPSA) is 66.0 Å². The summed E-state index contributed by atoms with van der Waals surface area (Å²) in [7, 11) is 0. The average molecular weight is 483 g/mol. The van der Waals surface area contributed by atoms with Crippen LogP contribution >= 0.6 is 22.9 Å². The Balaban J connectivity index is 1.09. The van der Waals surface area contributed by atoms with Crippen molar-refractivity contribution >= 4 is 34.8 Å². The highest BCUT2D eigenvalue weighted by atomic mass is 35.5. The lowest BCUT2D eigenvalue weighted by Gasteiger charge is -2.48. The molecule has 3 heterocycles. The lowest BCUT2D eigenvalue weighted by molar-refractivity contribution is 0.00853. The highest BCUT2D eigenvalue weighted by molar-refractivity contribution is 7.11. The van der Waals surface area contributed by atoms with E-state index >= 15 is 0 Å². The molecule has 2 amide bonds. The molecular formula is C24H23ClN4O3S.